The topological polar surface area (TPSA) is 86.2 Å². The number of hydrogen-bond donors (Lipinski definition) is 1. The van der Waals surface area contributed by atoms with Crippen molar-refractivity contribution in [1.82, 2.24) is 4.98 Å². The van der Waals surface area contributed by atoms with E-state index in [2.05, 4.69) is 4.98 Å². The van der Waals surface area contributed by atoms with Crippen LogP contribution in [0.2, 0.25) is 0 Å². The van der Waals surface area contributed by atoms with Crippen LogP contribution in [0.25, 0.3) is 11.1 Å². The van der Waals surface area contributed by atoms with Crippen LogP contribution >= 0.6 is 0 Å². The molecule has 0 aliphatic heterocycles. The number of nitrogens with zero attached hydrogens (tertiary/aromatic N) is 1. The maximum atomic E-state index is 11.5. The maximum Gasteiger partial charge on any atom is 0.264 e. The van der Waals surface area contributed by atoms with Crippen LogP contribution in [0.15, 0.2) is 28.7 Å². The predicted molar refractivity (Wildman–Crippen MR) is 56.5 cm³/mol. The van der Waals surface area contributed by atoms with Crippen molar-refractivity contribution >= 4 is 22.8 Å². The molecule has 2 rings (SSSR count). The minimum Gasteiger partial charge on any atom is -0.434 e. The molecule has 0 fully saturated rings. The van der Waals surface area contributed by atoms with Crippen molar-refractivity contribution in [2.45, 2.75) is 6.42 Å². The average molecular weight is 217 g/mol. The predicted octanol–water partition coefficient (Wildman–Crippen LogP) is 1.09. The van der Waals surface area contributed by atoms with Gasteiger partial charge >= 0.3 is 0 Å². The number of nitrogens with two attached hydrogens (primary N) is 1. The molecule has 0 unspecified atom stereocenters. The normalized spacial score (nSPS) is 10.5. The zero-order valence-electron chi connectivity index (χ0n) is 8.34. The number of rotatable bonds is 4. The lowest BCUT2D eigenvalue weighted by atomic mass is 10.2. The third kappa shape index (κ3) is 2.08. The summed E-state index contributed by atoms with van der Waals surface area (Å²) in [6, 6.07) is 7.04. The number of para-hydroxylation sites is 2. The van der Waals surface area contributed by atoms with E-state index >= 15 is 0 Å². The van der Waals surface area contributed by atoms with Crippen molar-refractivity contribution in [3.8, 4) is 0 Å². The third-order valence-electron chi connectivity index (χ3n) is 1.99. The van der Waals surface area contributed by atoms with Gasteiger partial charge in [0.25, 0.3) is 5.89 Å². The van der Waals surface area contributed by atoms with Crippen molar-refractivity contribution < 1.29 is 14.0 Å². The monoisotopic (exact) mass is 217 g/mol. The molecule has 0 saturated heterocycles. The molecule has 81 valence electrons. The number of Topliss-reactive ketones (excluding diaryl/α,β-unsaturated/α-hetero) is 1. The second-order valence-electron chi connectivity index (χ2n) is 3.23. The van der Waals surface area contributed by atoms with Gasteiger partial charge in [-0.25, -0.2) is 4.98 Å². The van der Waals surface area contributed by atoms with Gasteiger partial charge < -0.3 is 10.2 Å². The molecule has 5 heteroatoms. The first-order valence-electron chi connectivity index (χ1n) is 4.68. The van der Waals surface area contributed by atoms with Crippen LogP contribution in [-0.4, -0.2) is 16.7 Å². The Balaban J connectivity index is 2.20. The van der Waals surface area contributed by atoms with E-state index in [0.717, 1.165) is 6.42 Å². The van der Waals surface area contributed by atoms with Crippen LogP contribution in [0, 0.1) is 6.42 Å². The summed E-state index contributed by atoms with van der Waals surface area (Å²) < 4.78 is 5.22. The molecular formula is C11H9N2O3. The number of carbonyl (C=O) groups is 2. The van der Waals surface area contributed by atoms with Crippen LogP contribution in [0.4, 0.5) is 0 Å². The standard InChI is InChI=1S/C11H9N2O3/c12-10(15)6-5-8(14)11-13-7-3-1-2-4-9(7)16-11/h1-5H,6H2,(H2,12,15). The average Bonchev–Trinajstić information content (AvgIpc) is 2.69. The number of carbonyl (C=O) groups excluding carboxylic acids is 2. The highest BCUT2D eigenvalue weighted by Crippen LogP contribution is 2.15. The number of ketones is 1. The molecule has 1 aromatic carbocycles. The first-order valence-corrected chi connectivity index (χ1v) is 4.68. The first kappa shape index (κ1) is 10.4. The molecule has 1 radical (unpaired) electrons. The van der Waals surface area contributed by atoms with E-state index in [1.807, 2.05) is 0 Å². The molecule has 1 amide bonds. The summed E-state index contributed by atoms with van der Waals surface area (Å²) in [6.07, 6.45) is 1.05. The Morgan fingerprint density at radius 1 is 1.38 bits per heavy atom. The third-order valence-corrected chi connectivity index (χ3v) is 1.99. The second-order valence-corrected chi connectivity index (χ2v) is 3.23. The molecule has 0 aliphatic carbocycles. The van der Waals surface area contributed by atoms with Crippen molar-refractivity contribution in [2.24, 2.45) is 5.73 Å². The number of benzene rings is 1. The second kappa shape index (κ2) is 4.14. The molecule has 0 bridgehead atoms. The highest BCUT2D eigenvalue weighted by Gasteiger charge is 2.14. The van der Waals surface area contributed by atoms with Gasteiger partial charge in [0.05, 0.1) is 0 Å². The molecular weight excluding hydrogens is 208 g/mol. The summed E-state index contributed by atoms with van der Waals surface area (Å²) >= 11 is 0. The fourth-order valence-electron chi connectivity index (χ4n) is 1.26. The van der Waals surface area contributed by atoms with Crippen LogP contribution in [0.3, 0.4) is 0 Å². The van der Waals surface area contributed by atoms with Crippen LogP contribution < -0.4 is 5.73 Å². The van der Waals surface area contributed by atoms with E-state index in [-0.39, 0.29) is 12.3 Å². The van der Waals surface area contributed by atoms with E-state index < -0.39 is 11.7 Å². The minimum atomic E-state index is -0.565. The lowest BCUT2D eigenvalue weighted by Gasteiger charge is -1.91. The van der Waals surface area contributed by atoms with E-state index in [1.165, 1.54) is 0 Å². The summed E-state index contributed by atoms with van der Waals surface area (Å²) in [5, 5.41) is 0. The maximum absolute atomic E-state index is 11.5. The largest absolute Gasteiger partial charge is 0.434 e. The molecule has 0 spiro atoms. The van der Waals surface area contributed by atoms with Crippen molar-refractivity contribution in [1.29, 1.82) is 0 Å². The number of fused-ring (bicyclic) bond motifs is 1. The first-order chi connectivity index (χ1) is 7.66. The molecule has 16 heavy (non-hydrogen) atoms. The van der Waals surface area contributed by atoms with Gasteiger partial charge in [0.2, 0.25) is 11.7 Å². The van der Waals surface area contributed by atoms with Crippen molar-refractivity contribution in [3.05, 3.63) is 36.6 Å². The van der Waals surface area contributed by atoms with Gasteiger partial charge in [-0.05, 0) is 12.1 Å². The Hall–Kier alpha value is -2.17. The zero-order chi connectivity index (χ0) is 11.5. The van der Waals surface area contributed by atoms with Gasteiger partial charge in [0.1, 0.15) is 5.52 Å². The smallest absolute Gasteiger partial charge is 0.264 e. The van der Waals surface area contributed by atoms with Gasteiger partial charge in [-0.3, -0.25) is 9.59 Å². The van der Waals surface area contributed by atoms with E-state index in [9.17, 15) is 9.59 Å². The van der Waals surface area contributed by atoms with Gasteiger partial charge in [-0.2, -0.15) is 0 Å². The van der Waals surface area contributed by atoms with Gasteiger partial charge in [0.15, 0.2) is 5.58 Å². The summed E-state index contributed by atoms with van der Waals surface area (Å²) in [5.74, 6) is -1.03. The molecule has 0 atom stereocenters. The summed E-state index contributed by atoms with van der Waals surface area (Å²) in [5.41, 5.74) is 6.07. The fourth-order valence-corrected chi connectivity index (χ4v) is 1.26. The Morgan fingerprint density at radius 3 is 2.81 bits per heavy atom. The number of primary amides is 1. The number of amides is 1. The van der Waals surface area contributed by atoms with Crippen molar-refractivity contribution in [3.63, 3.8) is 0 Å². The lowest BCUT2D eigenvalue weighted by molar-refractivity contribution is -0.117. The highest BCUT2D eigenvalue weighted by atomic mass is 16.4. The summed E-state index contributed by atoms with van der Waals surface area (Å²) in [7, 11) is 0. The van der Waals surface area contributed by atoms with Crippen LogP contribution in [0.1, 0.15) is 17.1 Å². The molecule has 2 N–H and O–H groups in total. The lowest BCUT2D eigenvalue weighted by Crippen LogP contribution is -2.13. The minimum absolute atomic E-state index is 0.0255. The Bertz CT molecular complexity index is 512. The molecule has 1 aromatic heterocycles. The number of hydrogen-bond acceptors (Lipinski definition) is 4. The number of oxazole rings is 1. The Morgan fingerprint density at radius 2 is 2.12 bits per heavy atom. The van der Waals surface area contributed by atoms with E-state index in [1.54, 1.807) is 24.3 Å². The van der Waals surface area contributed by atoms with E-state index in [0.29, 0.717) is 11.1 Å². The molecule has 0 aliphatic rings. The Kier molecular flexibility index (Phi) is 2.68. The van der Waals surface area contributed by atoms with Crippen LogP contribution in [0.5, 0.6) is 0 Å². The number of aromatic nitrogens is 1. The van der Waals surface area contributed by atoms with Gasteiger partial charge in [-0.1, -0.05) is 12.1 Å². The Labute approximate surface area is 91.2 Å². The summed E-state index contributed by atoms with van der Waals surface area (Å²) in [4.78, 5) is 26.0. The molecule has 0 saturated carbocycles. The molecule has 2 aromatic rings. The highest BCUT2D eigenvalue weighted by molar-refractivity contribution is 6.02. The zero-order valence-corrected chi connectivity index (χ0v) is 8.34. The fraction of sp³-hybridized carbons (Fsp3) is 0.0909. The van der Waals surface area contributed by atoms with Gasteiger partial charge in [-0.15, -0.1) is 0 Å². The van der Waals surface area contributed by atoms with E-state index in [4.69, 9.17) is 10.2 Å². The molecule has 5 nitrogen and oxygen atoms in total. The van der Waals surface area contributed by atoms with Crippen LogP contribution in [-0.2, 0) is 4.79 Å². The quantitative estimate of drug-likeness (QED) is 0.776. The molecule has 1 heterocycles. The van der Waals surface area contributed by atoms with Crippen molar-refractivity contribution in [2.75, 3.05) is 0 Å². The SMILES string of the molecule is NC(=O)C[CH]C(=O)c1nc2ccccc2o1. The summed E-state index contributed by atoms with van der Waals surface area (Å²) in [6.45, 7) is 0. The van der Waals surface area contributed by atoms with Gasteiger partial charge in [0, 0.05) is 12.8 Å².